The Bertz CT molecular complexity index is 245. The Labute approximate surface area is 118 Å². The Hall–Kier alpha value is -0.570. The van der Waals surface area contributed by atoms with Gasteiger partial charge in [0.25, 0.3) is 0 Å². The van der Waals surface area contributed by atoms with Crippen LogP contribution in [0.25, 0.3) is 0 Å². The topological polar surface area (TPSA) is 29.5 Å². The molecule has 0 spiro atoms. The van der Waals surface area contributed by atoms with Gasteiger partial charge in [-0.05, 0) is 20.3 Å². The van der Waals surface area contributed by atoms with Crippen molar-refractivity contribution in [2.75, 3.05) is 13.1 Å². The average Bonchev–Trinajstić information content (AvgIpc) is 2.36. The Morgan fingerprint density at radius 1 is 1.00 bits per heavy atom. The first-order valence-corrected chi connectivity index (χ1v) is 8.06. The molecule has 2 unspecified atom stereocenters. The summed E-state index contributed by atoms with van der Waals surface area (Å²) in [5.41, 5.74) is 0. The molecule has 2 atom stereocenters. The predicted molar refractivity (Wildman–Crippen MR) is 79.2 cm³/mol. The minimum absolute atomic E-state index is 0.182. The van der Waals surface area contributed by atoms with Gasteiger partial charge in [0.1, 0.15) is 0 Å². The van der Waals surface area contributed by atoms with Gasteiger partial charge in [-0.3, -0.25) is 4.79 Å². The highest BCUT2D eigenvalue weighted by atomic mass is 16.5. The Kier molecular flexibility index (Phi) is 8.11. The van der Waals surface area contributed by atoms with E-state index in [-0.39, 0.29) is 12.2 Å². The number of amides is 1. The van der Waals surface area contributed by atoms with Crippen LogP contribution in [0.15, 0.2) is 0 Å². The van der Waals surface area contributed by atoms with E-state index in [1.165, 1.54) is 38.5 Å². The van der Waals surface area contributed by atoms with Crippen LogP contribution in [0.4, 0.5) is 0 Å². The molecule has 0 N–H and O–H groups in total. The van der Waals surface area contributed by atoms with Gasteiger partial charge >= 0.3 is 0 Å². The number of morpholine rings is 1. The van der Waals surface area contributed by atoms with Crippen LogP contribution in [0.3, 0.4) is 0 Å². The molecule has 0 bridgehead atoms. The van der Waals surface area contributed by atoms with Crippen molar-refractivity contribution in [2.45, 2.75) is 84.3 Å². The molecule has 19 heavy (non-hydrogen) atoms. The van der Waals surface area contributed by atoms with Crippen molar-refractivity contribution in [3.05, 3.63) is 0 Å². The summed E-state index contributed by atoms with van der Waals surface area (Å²) in [5, 5.41) is 0. The molecule has 112 valence electrons. The van der Waals surface area contributed by atoms with Crippen LogP contribution in [-0.2, 0) is 9.53 Å². The van der Waals surface area contributed by atoms with E-state index in [1.807, 2.05) is 18.7 Å². The molecular weight excluding hydrogens is 238 g/mol. The van der Waals surface area contributed by atoms with Crippen LogP contribution < -0.4 is 0 Å². The average molecular weight is 269 g/mol. The van der Waals surface area contributed by atoms with Crippen molar-refractivity contribution in [1.29, 1.82) is 0 Å². The summed E-state index contributed by atoms with van der Waals surface area (Å²) in [6.07, 6.45) is 9.93. The third kappa shape index (κ3) is 6.95. The smallest absolute Gasteiger partial charge is 0.222 e. The molecule has 1 heterocycles. The monoisotopic (exact) mass is 269 g/mol. The number of carbonyl (C=O) groups excluding carboxylic acids is 1. The minimum atomic E-state index is 0.182. The molecular formula is C16H31NO2. The van der Waals surface area contributed by atoms with Gasteiger partial charge in [-0.15, -0.1) is 0 Å². The molecule has 0 aromatic carbocycles. The molecule has 1 fully saturated rings. The lowest BCUT2D eigenvalue weighted by molar-refractivity contribution is -0.143. The molecule has 1 saturated heterocycles. The van der Waals surface area contributed by atoms with Crippen LogP contribution in [0.5, 0.6) is 0 Å². The van der Waals surface area contributed by atoms with E-state index >= 15 is 0 Å². The third-order valence-corrected chi connectivity index (χ3v) is 3.77. The second kappa shape index (κ2) is 9.35. The highest BCUT2D eigenvalue weighted by Gasteiger charge is 2.25. The number of carbonyl (C=O) groups is 1. The van der Waals surface area contributed by atoms with Gasteiger partial charge in [0.2, 0.25) is 5.91 Å². The van der Waals surface area contributed by atoms with E-state index in [2.05, 4.69) is 6.92 Å². The zero-order valence-corrected chi connectivity index (χ0v) is 13.0. The van der Waals surface area contributed by atoms with Gasteiger partial charge in [0.15, 0.2) is 0 Å². The number of hydrogen-bond donors (Lipinski definition) is 0. The van der Waals surface area contributed by atoms with Gasteiger partial charge in [-0.25, -0.2) is 0 Å². The fourth-order valence-electron chi connectivity index (χ4n) is 2.77. The Balaban J connectivity index is 2.07. The van der Waals surface area contributed by atoms with Crippen molar-refractivity contribution in [1.82, 2.24) is 4.90 Å². The lowest BCUT2D eigenvalue weighted by Crippen LogP contribution is -2.48. The highest BCUT2D eigenvalue weighted by molar-refractivity contribution is 5.76. The summed E-state index contributed by atoms with van der Waals surface area (Å²) in [7, 11) is 0. The second-order valence-electron chi connectivity index (χ2n) is 5.93. The van der Waals surface area contributed by atoms with Gasteiger partial charge < -0.3 is 9.64 Å². The van der Waals surface area contributed by atoms with Crippen LogP contribution in [-0.4, -0.2) is 36.1 Å². The molecule has 0 radical (unpaired) electrons. The molecule has 3 nitrogen and oxygen atoms in total. The number of rotatable bonds is 8. The maximum atomic E-state index is 12.1. The van der Waals surface area contributed by atoms with E-state index in [4.69, 9.17) is 4.74 Å². The first-order chi connectivity index (χ1) is 9.13. The Morgan fingerprint density at radius 3 is 2.11 bits per heavy atom. The van der Waals surface area contributed by atoms with Crippen LogP contribution in [0.2, 0.25) is 0 Å². The van der Waals surface area contributed by atoms with E-state index in [0.717, 1.165) is 19.5 Å². The lowest BCUT2D eigenvalue weighted by Gasteiger charge is -2.35. The van der Waals surface area contributed by atoms with Crippen LogP contribution in [0, 0.1) is 0 Å². The maximum absolute atomic E-state index is 12.1. The van der Waals surface area contributed by atoms with E-state index < -0.39 is 0 Å². The summed E-state index contributed by atoms with van der Waals surface area (Å²) in [6, 6.07) is 0. The lowest BCUT2D eigenvalue weighted by atomic mass is 10.1. The van der Waals surface area contributed by atoms with Crippen molar-refractivity contribution in [2.24, 2.45) is 0 Å². The summed E-state index contributed by atoms with van der Waals surface area (Å²) in [4.78, 5) is 14.1. The summed E-state index contributed by atoms with van der Waals surface area (Å²) in [5.74, 6) is 0.315. The van der Waals surface area contributed by atoms with Gasteiger partial charge in [0, 0.05) is 19.5 Å². The molecule has 1 rings (SSSR count). The van der Waals surface area contributed by atoms with Crippen molar-refractivity contribution in [3.8, 4) is 0 Å². The van der Waals surface area contributed by atoms with E-state index in [1.54, 1.807) is 0 Å². The highest BCUT2D eigenvalue weighted by Crippen LogP contribution is 2.14. The fraction of sp³-hybridized carbons (Fsp3) is 0.938. The molecule has 0 aliphatic carbocycles. The zero-order valence-electron chi connectivity index (χ0n) is 13.0. The Morgan fingerprint density at radius 2 is 1.53 bits per heavy atom. The largest absolute Gasteiger partial charge is 0.372 e. The first-order valence-electron chi connectivity index (χ1n) is 8.06. The fourth-order valence-corrected chi connectivity index (χ4v) is 2.77. The summed E-state index contributed by atoms with van der Waals surface area (Å²) < 4.78 is 5.65. The molecule has 3 heteroatoms. The maximum Gasteiger partial charge on any atom is 0.222 e. The number of nitrogens with zero attached hydrogens (tertiary/aromatic N) is 1. The number of hydrogen-bond acceptors (Lipinski definition) is 2. The number of ether oxygens (including phenoxy) is 1. The second-order valence-corrected chi connectivity index (χ2v) is 5.93. The molecule has 0 aromatic rings. The van der Waals surface area contributed by atoms with Gasteiger partial charge in [-0.2, -0.15) is 0 Å². The quantitative estimate of drug-likeness (QED) is 0.628. The normalized spacial score (nSPS) is 23.6. The van der Waals surface area contributed by atoms with Crippen molar-refractivity contribution >= 4 is 5.91 Å². The third-order valence-electron chi connectivity index (χ3n) is 3.77. The number of unbranched alkanes of at least 4 members (excludes halogenated alkanes) is 6. The molecule has 1 aliphatic heterocycles. The molecule has 0 aromatic heterocycles. The molecule has 0 saturated carbocycles. The van der Waals surface area contributed by atoms with Crippen molar-refractivity contribution < 1.29 is 9.53 Å². The van der Waals surface area contributed by atoms with Gasteiger partial charge in [-0.1, -0.05) is 45.4 Å². The summed E-state index contributed by atoms with van der Waals surface area (Å²) in [6.45, 7) is 7.86. The standard InChI is InChI=1S/C16H31NO2/c1-4-5-6-7-8-9-10-11-16(18)17-12-14(2)19-15(3)13-17/h14-15H,4-13H2,1-3H3. The SMILES string of the molecule is CCCCCCCCCC(=O)N1CC(C)OC(C)C1. The van der Waals surface area contributed by atoms with E-state index in [9.17, 15) is 4.79 Å². The molecule has 1 amide bonds. The van der Waals surface area contributed by atoms with E-state index in [0.29, 0.717) is 12.3 Å². The summed E-state index contributed by atoms with van der Waals surface area (Å²) >= 11 is 0. The van der Waals surface area contributed by atoms with Crippen molar-refractivity contribution in [3.63, 3.8) is 0 Å². The minimum Gasteiger partial charge on any atom is -0.372 e. The predicted octanol–water partition coefficient (Wildman–Crippen LogP) is 3.76. The molecule has 1 aliphatic rings. The van der Waals surface area contributed by atoms with Crippen LogP contribution >= 0.6 is 0 Å². The van der Waals surface area contributed by atoms with Crippen LogP contribution in [0.1, 0.15) is 72.1 Å². The van der Waals surface area contributed by atoms with Gasteiger partial charge in [0.05, 0.1) is 12.2 Å². The first kappa shape index (κ1) is 16.5. The zero-order chi connectivity index (χ0) is 14.1.